The van der Waals surface area contributed by atoms with Crippen molar-refractivity contribution >= 4 is 21.1 Å². The summed E-state index contributed by atoms with van der Waals surface area (Å²) in [5.74, 6) is 2.96. The van der Waals surface area contributed by atoms with Crippen molar-refractivity contribution in [2.75, 3.05) is 0 Å². The van der Waals surface area contributed by atoms with E-state index in [1.165, 1.54) is 12.3 Å². The highest BCUT2D eigenvalue weighted by Gasteiger charge is 2.46. The smallest absolute Gasteiger partial charge is 0.526 e. The van der Waals surface area contributed by atoms with Gasteiger partial charge in [-0.2, -0.15) is 0 Å². The minimum atomic E-state index is -1.88. The van der Waals surface area contributed by atoms with Crippen molar-refractivity contribution in [3.8, 4) is 34.1 Å². The van der Waals surface area contributed by atoms with Crippen molar-refractivity contribution in [1.82, 2.24) is 0 Å². The third-order valence-electron chi connectivity index (χ3n) is 7.13. The molecule has 0 amide bonds. The summed E-state index contributed by atoms with van der Waals surface area (Å²) in [7, 11) is -3.36. The van der Waals surface area contributed by atoms with Gasteiger partial charge in [0.25, 0.3) is 8.32 Å². The average Bonchev–Trinajstić information content (AvgIpc) is 3.77. The third-order valence-corrected chi connectivity index (χ3v) is 13.1. The Morgan fingerprint density at radius 2 is 1.02 bits per heavy atom. The molecule has 0 unspecified atom stereocenters. The van der Waals surface area contributed by atoms with E-state index in [4.69, 9.17) is 28.4 Å². The number of phenols is 1. The van der Waals surface area contributed by atoms with E-state index in [1.807, 2.05) is 36.4 Å². The molecule has 0 fully saturated rings. The number of hydrogen-bond acceptors (Lipinski definition) is 7. The van der Waals surface area contributed by atoms with E-state index in [9.17, 15) is 0 Å². The van der Waals surface area contributed by atoms with Gasteiger partial charge in [0, 0.05) is 11.1 Å². The molecule has 0 spiro atoms. The first-order chi connectivity index (χ1) is 20.0. The van der Waals surface area contributed by atoms with Gasteiger partial charge in [-0.3, -0.25) is 0 Å². The van der Waals surface area contributed by atoms with Crippen molar-refractivity contribution in [3.63, 3.8) is 0 Å². The van der Waals surface area contributed by atoms with Crippen LogP contribution in [0.5, 0.6) is 11.5 Å². The summed E-state index contributed by atoms with van der Waals surface area (Å²) >= 11 is 0. The molecule has 3 N–H and O–H groups in total. The fraction of sp³-hybridized carbons (Fsp3) is 0.273. The summed E-state index contributed by atoms with van der Waals surface area (Å²) in [5.41, 5.74) is 3.97. The molecular weight excluding hydrogens is 547 g/mol. The van der Waals surface area contributed by atoms with Gasteiger partial charge in [0.2, 0.25) is 0 Å². The van der Waals surface area contributed by atoms with Gasteiger partial charge in [-0.1, -0.05) is 41.5 Å². The molecule has 0 saturated carbocycles. The van der Waals surface area contributed by atoms with Crippen LogP contribution >= 0.6 is 0 Å². The van der Waals surface area contributed by atoms with Crippen molar-refractivity contribution in [3.05, 3.63) is 104 Å². The molecule has 0 bridgehead atoms. The normalized spacial score (nSPS) is 11.1. The SMILES string of the molecule is CC(C)[Si](Oc1ccc(-c2ccco2)cc1)(C(C)C)C(C)C.OB(O)c1ccco1.Oc1ccc(-c2ccco2)cc1. The number of benzene rings is 2. The first-order valence-corrected chi connectivity index (χ1v) is 16.2. The van der Waals surface area contributed by atoms with Gasteiger partial charge in [0.15, 0.2) is 0 Å². The lowest BCUT2D eigenvalue weighted by molar-refractivity contribution is 0.409. The minimum Gasteiger partial charge on any atom is -0.543 e. The first-order valence-electron chi connectivity index (χ1n) is 14.1. The Hall–Kier alpha value is -3.92. The fourth-order valence-electron chi connectivity index (χ4n) is 5.19. The third kappa shape index (κ3) is 8.55. The highest BCUT2D eigenvalue weighted by atomic mass is 28.4. The Bertz CT molecular complexity index is 1370. The molecule has 0 saturated heterocycles. The zero-order chi connectivity index (χ0) is 30.7. The van der Waals surface area contributed by atoms with Gasteiger partial charge >= 0.3 is 7.12 Å². The summed E-state index contributed by atoms with van der Waals surface area (Å²) in [6.07, 6.45) is 4.71. The molecule has 0 radical (unpaired) electrons. The van der Waals surface area contributed by atoms with E-state index in [0.717, 1.165) is 28.4 Å². The van der Waals surface area contributed by atoms with Gasteiger partial charge in [-0.05, 0) is 102 Å². The Morgan fingerprint density at radius 1 is 0.595 bits per heavy atom. The molecule has 222 valence electrons. The quantitative estimate of drug-likeness (QED) is 0.157. The lowest BCUT2D eigenvalue weighted by Gasteiger charge is -2.42. The largest absolute Gasteiger partial charge is 0.543 e. The molecule has 5 aromatic rings. The van der Waals surface area contributed by atoms with E-state index in [-0.39, 0.29) is 11.4 Å². The van der Waals surface area contributed by atoms with Crippen LogP contribution in [0.4, 0.5) is 0 Å². The first kappa shape index (κ1) is 32.6. The van der Waals surface area contributed by atoms with E-state index >= 15 is 0 Å². The summed E-state index contributed by atoms with van der Waals surface area (Å²) in [6, 6.07) is 25.9. The van der Waals surface area contributed by atoms with Crippen LogP contribution in [-0.2, 0) is 0 Å². The van der Waals surface area contributed by atoms with E-state index in [0.29, 0.717) is 16.6 Å². The molecule has 42 heavy (non-hydrogen) atoms. The molecule has 7 nitrogen and oxygen atoms in total. The molecule has 0 aliphatic rings. The summed E-state index contributed by atoms with van der Waals surface area (Å²) in [6.45, 7) is 13.9. The van der Waals surface area contributed by atoms with Crippen molar-refractivity contribution < 1.29 is 32.8 Å². The molecule has 0 atom stereocenters. The van der Waals surface area contributed by atoms with Gasteiger partial charge in [-0.15, -0.1) is 0 Å². The Morgan fingerprint density at radius 3 is 1.36 bits per heavy atom. The molecule has 9 heteroatoms. The van der Waals surface area contributed by atoms with Gasteiger partial charge in [-0.25, -0.2) is 0 Å². The average molecular weight is 589 g/mol. The maximum absolute atomic E-state index is 9.02. The second-order valence-electron chi connectivity index (χ2n) is 10.8. The Balaban J connectivity index is 0.000000200. The summed E-state index contributed by atoms with van der Waals surface area (Å²) in [5, 5.41) is 25.8. The maximum Gasteiger partial charge on any atom is 0.526 e. The van der Waals surface area contributed by atoms with Gasteiger partial charge in [0.05, 0.1) is 18.8 Å². The minimum absolute atomic E-state index is 0.171. The Kier molecular flexibility index (Phi) is 11.9. The number of furan rings is 3. The topological polar surface area (TPSA) is 109 Å². The van der Waals surface area contributed by atoms with E-state index < -0.39 is 15.4 Å². The highest BCUT2D eigenvalue weighted by Crippen LogP contribution is 2.43. The zero-order valence-electron chi connectivity index (χ0n) is 25.1. The highest BCUT2D eigenvalue weighted by molar-refractivity contribution is 6.78. The molecule has 2 aromatic carbocycles. The van der Waals surface area contributed by atoms with E-state index in [1.54, 1.807) is 30.7 Å². The molecule has 3 aromatic heterocycles. The van der Waals surface area contributed by atoms with Crippen LogP contribution in [0, 0.1) is 0 Å². The molecular formula is C33H41BO7Si. The number of hydrogen-bond donors (Lipinski definition) is 3. The summed E-state index contributed by atoms with van der Waals surface area (Å²) < 4.78 is 21.9. The molecule has 0 aliphatic heterocycles. The van der Waals surface area contributed by atoms with Crippen LogP contribution in [0.2, 0.25) is 16.6 Å². The number of aromatic hydroxyl groups is 1. The molecule has 5 rings (SSSR count). The lowest BCUT2D eigenvalue weighted by atomic mass is 9.88. The Labute approximate surface area is 249 Å². The van der Waals surface area contributed by atoms with Gasteiger partial charge < -0.3 is 32.8 Å². The second-order valence-corrected chi connectivity index (χ2v) is 16.2. The van der Waals surface area contributed by atoms with Crippen LogP contribution < -0.4 is 10.1 Å². The number of rotatable bonds is 8. The van der Waals surface area contributed by atoms with Gasteiger partial charge in [0.1, 0.15) is 28.7 Å². The van der Waals surface area contributed by atoms with Crippen molar-refractivity contribution in [1.29, 1.82) is 0 Å². The second kappa shape index (κ2) is 15.3. The molecule has 0 aliphatic carbocycles. The van der Waals surface area contributed by atoms with Crippen LogP contribution in [0.15, 0.2) is 117 Å². The van der Waals surface area contributed by atoms with Crippen LogP contribution in [-0.4, -0.2) is 30.6 Å². The predicted octanol–water partition coefficient (Wildman–Crippen LogP) is 8.11. The predicted molar refractivity (Wildman–Crippen MR) is 170 cm³/mol. The van der Waals surface area contributed by atoms with E-state index in [2.05, 4.69) is 70.2 Å². The fourth-order valence-corrected chi connectivity index (χ4v) is 10.4. The van der Waals surface area contributed by atoms with Crippen LogP contribution in [0.1, 0.15) is 41.5 Å². The maximum atomic E-state index is 9.02. The number of phenolic OH excluding ortho intramolecular Hbond substituents is 1. The summed E-state index contributed by atoms with van der Waals surface area (Å²) in [4.78, 5) is 0. The van der Waals surface area contributed by atoms with Crippen LogP contribution in [0.25, 0.3) is 22.6 Å². The van der Waals surface area contributed by atoms with Crippen molar-refractivity contribution in [2.45, 2.75) is 58.2 Å². The lowest BCUT2D eigenvalue weighted by Crippen LogP contribution is -2.50. The monoisotopic (exact) mass is 588 g/mol. The van der Waals surface area contributed by atoms with Crippen LogP contribution in [0.3, 0.4) is 0 Å². The zero-order valence-corrected chi connectivity index (χ0v) is 26.1. The van der Waals surface area contributed by atoms with Crippen molar-refractivity contribution in [2.24, 2.45) is 0 Å². The molecule has 3 heterocycles. The standard InChI is InChI=1S/C19H28O2Si.C10H8O2.C4H5BO3/c1-14(2)22(15(3)4,16(5)6)21-18-11-9-17(10-12-18)19-8-7-13-20-19;11-9-5-3-8(4-6-9)10-2-1-7-12-10;6-5(7)4-2-1-3-8-4/h7-16H,1-6H3;1-7,11H;1-3,6-7H.